The van der Waals surface area contributed by atoms with Crippen LogP contribution in [0.5, 0.6) is 0 Å². The molecule has 0 bridgehead atoms. The predicted molar refractivity (Wildman–Crippen MR) is 83.9 cm³/mol. The molecule has 0 aromatic heterocycles. The first kappa shape index (κ1) is 15.3. The lowest BCUT2D eigenvalue weighted by Crippen LogP contribution is -2.57. The average molecular weight is 341 g/mol. The monoisotopic (exact) mass is 340 g/mol. The van der Waals surface area contributed by atoms with Crippen LogP contribution in [0.3, 0.4) is 0 Å². The van der Waals surface area contributed by atoms with Crippen LogP contribution in [0.25, 0.3) is 0 Å². The highest BCUT2D eigenvalue weighted by molar-refractivity contribution is 9.10. The lowest BCUT2D eigenvalue weighted by atomic mass is 9.88. The van der Waals surface area contributed by atoms with Gasteiger partial charge in [-0.15, -0.1) is 0 Å². The zero-order valence-electron chi connectivity index (χ0n) is 12.0. The molecule has 1 aromatic carbocycles. The Morgan fingerprint density at radius 2 is 2.25 bits per heavy atom. The molecule has 1 unspecified atom stereocenters. The number of para-hydroxylation sites is 1. The van der Waals surface area contributed by atoms with E-state index in [1.165, 1.54) is 0 Å². The molecule has 1 saturated heterocycles. The zero-order chi connectivity index (χ0) is 14.6. The third-order valence-corrected chi connectivity index (χ3v) is 4.29. The molecule has 1 aromatic rings. The van der Waals surface area contributed by atoms with E-state index in [9.17, 15) is 4.79 Å². The normalized spacial score (nSPS) is 23.4. The summed E-state index contributed by atoms with van der Waals surface area (Å²) >= 11 is 3.52. The second-order valence-corrected chi connectivity index (χ2v) is 6.10. The van der Waals surface area contributed by atoms with E-state index < -0.39 is 5.54 Å². The minimum atomic E-state index is -0.660. The molecule has 1 aliphatic heterocycles. The summed E-state index contributed by atoms with van der Waals surface area (Å²) in [6.07, 6.45) is 1.77. The molecule has 0 saturated carbocycles. The van der Waals surface area contributed by atoms with Crippen LogP contribution >= 0.6 is 15.9 Å². The molecule has 20 heavy (non-hydrogen) atoms. The predicted octanol–water partition coefficient (Wildman–Crippen LogP) is 2.89. The SMILES string of the molecule is CCOC(=O)C1(Nc2ccccc2Br)CCCN(C)C1. The van der Waals surface area contributed by atoms with E-state index in [1.54, 1.807) is 0 Å². The summed E-state index contributed by atoms with van der Waals surface area (Å²) in [6.45, 7) is 3.92. The third-order valence-electron chi connectivity index (χ3n) is 3.60. The van der Waals surface area contributed by atoms with Crippen molar-refractivity contribution in [2.75, 3.05) is 32.1 Å². The number of hydrogen-bond donors (Lipinski definition) is 1. The Morgan fingerprint density at radius 1 is 1.50 bits per heavy atom. The Labute approximate surface area is 128 Å². The minimum Gasteiger partial charge on any atom is -0.464 e. The number of carbonyl (C=O) groups is 1. The Hall–Kier alpha value is -1.07. The summed E-state index contributed by atoms with van der Waals surface area (Å²) in [4.78, 5) is 14.6. The van der Waals surface area contributed by atoms with Crippen molar-refractivity contribution in [3.63, 3.8) is 0 Å². The average Bonchev–Trinajstić information content (AvgIpc) is 2.42. The summed E-state index contributed by atoms with van der Waals surface area (Å²) in [7, 11) is 2.04. The van der Waals surface area contributed by atoms with Crippen molar-refractivity contribution < 1.29 is 9.53 Å². The second kappa shape index (κ2) is 6.59. The highest BCUT2D eigenvalue weighted by Gasteiger charge is 2.43. The second-order valence-electron chi connectivity index (χ2n) is 5.25. The van der Waals surface area contributed by atoms with Gasteiger partial charge < -0.3 is 15.0 Å². The van der Waals surface area contributed by atoms with Gasteiger partial charge in [0.25, 0.3) is 0 Å². The van der Waals surface area contributed by atoms with Crippen molar-refractivity contribution in [3.05, 3.63) is 28.7 Å². The quantitative estimate of drug-likeness (QED) is 0.855. The number of benzene rings is 1. The maximum Gasteiger partial charge on any atom is 0.333 e. The van der Waals surface area contributed by atoms with Gasteiger partial charge in [-0.25, -0.2) is 4.79 Å². The van der Waals surface area contributed by atoms with Crippen LogP contribution in [0.2, 0.25) is 0 Å². The number of anilines is 1. The molecule has 0 radical (unpaired) electrons. The summed E-state index contributed by atoms with van der Waals surface area (Å²) in [5.41, 5.74) is 0.267. The number of esters is 1. The molecule has 110 valence electrons. The molecule has 1 heterocycles. The van der Waals surface area contributed by atoms with E-state index in [4.69, 9.17) is 4.74 Å². The topological polar surface area (TPSA) is 41.6 Å². The number of likely N-dealkylation sites (N-methyl/N-ethyl adjacent to an activating group) is 1. The number of likely N-dealkylation sites (tertiary alicyclic amines) is 1. The highest BCUT2D eigenvalue weighted by atomic mass is 79.9. The maximum absolute atomic E-state index is 12.5. The number of halogens is 1. The molecule has 0 spiro atoms. The lowest BCUT2D eigenvalue weighted by Gasteiger charge is -2.40. The van der Waals surface area contributed by atoms with Crippen LogP contribution in [0.4, 0.5) is 5.69 Å². The van der Waals surface area contributed by atoms with Crippen molar-refractivity contribution in [2.24, 2.45) is 0 Å². The van der Waals surface area contributed by atoms with Gasteiger partial charge in [0.05, 0.1) is 6.61 Å². The zero-order valence-corrected chi connectivity index (χ0v) is 13.6. The summed E-state index contributed by atoms with van der Waals surface area (Å²) in [5.74, 6) is -0.165. The van der Waals surface area contributed by atoms with Crippen molar-refractivity contribution in [2.45, 2.75) is 25.3 Å². The van der Waals surface area contributed by atoms with E-state index in [1.807, 2.05) is 38.2 Å². The number of nitrogens with zero attached hydrogens (tertiary/aromatic N) is 1. The Kier molecular flexibility index (Phi) is 5.05. The first-order chi connectivity index (χ1) is 9.57. The molecular weight excluding hydrogens is 320 g/mol. The van der Waals surface area contributed by atoms with Crippen LogP contribution < -0.4 is 5.32 Å². The van der Waals surface area contributed by atoms with Crippen LogP contribution in [0.15, 0.2) is 28.7 Å². The van der Waals surface area contributed by atoms with Gasteiger partial charge in [0.15, 0.2) is 0 Å². The fourth-order valence-corrected chi connectivity index (χ4v) is 3.06. The molecule has 0 amide bonds. The maximum atomic E-state index is 12.5. The molecule has 4 nitrogen and oxygen atoms in total. The Bertz CT molecular complexity index is 481. The number of ether oxygens (including phenoxy) is 1. The van der Waals surface area contributed by atoms with Crippen LogP contribution in [0.1, 0.15) is 19.8 Å². The van der Waals surface area contributed by atoms with E-state index in [0.29, 0.717) is 13.2 Å². The van der Waals surface area contributed by atoms with Gasteiger partial charge in [-0.2, -0.15) is 0 Å². The van der Waals surface area contributed by atoms with Crippen molar-refractivity contribution in [1.82, 2.24) is 4.90 Å². The highest BCUT2D eigenvalue weighted by Crippen LogP contribution is 2.30. The first-order valence-corrected chi connectivity index (χ1v) is 7.75. The summed E-state index contributed by atoms with van der Waals surface area (Å²) < 4.78 is 6.26. The molecular formula is C15H21BrN2O2. The number of rotatable bonds is 4. The molecule has 2 rings (SSSR count). The van der Waals surface area contributed by atoms with E-state index in [2.05, 4.69) is 26.1 Å². The van der Waals surface area contributed by atoms with Crippen molar-refractivity contribution >= 4 is 27.6 Å². The standard InChI is InChI=1S/C15H21BrN2O2/c1-3-20-14(19)15(9-6-10-18(2)11-15)17-13-8-5-4-7-12(13)16/h4-5,7-8,17H,3,6,9-11H2,1-2H3. The van der Waals surface area contributed by atoms with Gasteiger partial charge in [-0.3, -0.25) is 0 Å². The summed E-state index contributed by atoms with van der Waals surface area (Å²) in [5, 5.41) is 3.41. The van der Waals surface area contributed by atoms with E-state index in [0.717, 1.165) is 29.5 Å². The van der Waals surface area contributed by atoms with Gasteiger partial charge in [0.2, 0.25) is 0 Å². The van der Waals surface area contributed by atoms with Gasteiger partial charge in [0, 0.05) is 16.7 Å². The molecule has 5 heteroatoms. The van der Waals surface area contributed by atoms with Crippen molar-refractivity contribution in [1.29, 1.82) is 0 Å². The van der Waals surface area contributed by atoms with Gasteiger partial charge in [-0.05, 0) is 61.4 Å². The largest absolute Gasteiger partial charge is 0.464 e. The van der Waals surface area contributed by atoms with Gasteiger partial charge in [0.1, 0.15) is 5.54 Å². The molecule has 1 fully saturated rings. The Balaban J connectivity index is 2.27. The van der Waals surface area contributed by atoms with Crippen LogP contribution in [0, 0.1) is 0 Å². The Morgan fingerprint density at radius 3 is 2.90 bits per heavy atom. The minimum absolute atomic E-state index is 0.165. The third kappa shape index (κ3) is 3.33. The number of carbonyl (C=O) groups excluding carboxylic acids is 1. The fraction of sp³-hybridized carbons (Fsp3) is 0.533. The molecule has 1 atom stereocenters. The lowest BCUT2D eigenvalue weighted by molar-refractivity contribution is -0.150. The molecule has 1 aliphatic rings. The van der Waals surface area contributed by atoms with Crippen LogP contribution in [-0.4, -0.2) is 43.2 Å². The van der Waals surface area contributed by atoms with E-state index >= 15 is 0 Å². The number of piperidine rings is 1. The number of nitrogens with one attached hydrogen (secondary N) is 1. The molecule has 0 aliphatic carbocycles. The van der Waals surface area contributed by atoms with Gasteiger partial charge >= 0.3 is 5.97 Å². The smallest absolute Gasteiger partial charge is 0.333 e. The molecule has 1 N–H and O–H groups in total. The first-order valence-electron chi connectivity index (χ1n) is 6.96. The number of hydrogen-bond acceptors (Lipinski definition) is 4. The van der Waals surface area contributed by atoms with Crippen LogP contribution in [-0.2, 0) is 9.53 Å². The fourth-order valence-electron chi connectivity index (χ4n) is 2.68. The van der Waals surface area contributed by atoms with Gasteiger partial charge in [-0.1, -0.05) is 12.1 Å². The summed E-state index contributed by atoms with van der Waals surface area (Å²) in [6, 6.07) is 7.85. The van der Waals surface area contributed by atoms with E-state index in [-0.39, 0.29) is 5.97 Å². The van der Waals surface area contributed by atoms with Crippen molar-refractivity contribution in [3.8, 4) is 0 Å².